The molecule has 1 N–H and O–H groups in total. The molecule has 0 saturated carbocycles. The Morgan fingerprint density at radius 1 is 1.12 bits per heavy atom. The zero-order chi connectivity index (χ0) is 24.0. The minimum Gasteiger partial charge on any atom is -0.497 e. The first kappa shape index (κ1) is 24.5. The van der Waals surface area contributed by atoms with Crippen molar-refractivity contribution in [2.45, 2.75) is 51.7 Å². The van der Waals surface area contributed by atoms with Crippen molar-refractivity contribution >= 4 is 12.0 Å². The first-order valence-electron chi connectivity index (χ1n) is 11.0. The molecule has 1 aliphatic rings. The van der Waals surface area contributed by atoms with Gasteiger partial charge in [0.1, 0.15) is 11.9 Å². The van der Waals surface area contributed by atoms with E-state index >= 15 is 0 Å². The van der Waals surface area contributed by atoms with Crippen LogP contribution in [0.15, 0.2) is 66.7 Å². The molecule has 2 amide bonds. The van der Waals surface area contributed by atoms with Gasteiger partial charge in [0.25, 0.3) is 0 Å². The number of aliphatic hydroxyl groups is 1. The fraction of sp³-hybridized carbons (Fsp3) is 0.385. The van der Waals surface area contributed by atoms with E-state index in [2.05, 4.69) is 0 Å². The standard InChI is InChI=1S/C26H31NO6/c1-17(32-16-20-11-13-22(31-4)14-12-20)10-15-23(28)18(2)25(29)27-19(3)24(33-26(27)30)21-8-6-5-7-9-21/h5-15,17-19,23-24,28H,16H2,1-4H3/b15-10+/t17?,18-,19-,23+,24-/m1/s1. The molecule has 1 unspecified atom stereocenters. The highest BCUT2D eigenvalue weighted by atomic mass is 16.6. The Morgan fingerprint density at radius 2 is 1.79 bits per heavy atom. The van der Waals surface area contributed by atoms with Crippen LogP contribution in [-0.4, -0.2) is 47.4 Å². The van der Waals surface area contributed by atoms with E-state index in [0.29, 0.717) is 6.61 Å². The summed E-state index contributed by atoms with van der Waals surface area (Å²) in [5, 5.41) is 10.5. The third-order valence-corrected chi connectivity index (χ3v) is 5.79. The third kappa shape index (κ3) is 6.00. The number of carbonyl (C=O) groups is 2. The molecule has 1 heterocycles. The van der Waals surface area contributed by atoms with Crippen LogP contribution < -0.4 is 4.74 Å². The van der Waals surface area contributed by atoms with E-state index in [1.54, 1.807) is 27.0 Å². The lowest BCUT2D eigenvalue weighted by Gasteiger charge is -2.24. The number of carbonyl (C=O) groups excluding carboxylic acids is 2. The highest BCUT2D eigenvalue weighted by Gasteiger charge is 2.45. The van der Waals surface area contributed by atoms with Gasteiger partial charge in [-0.05, 0) is 37.1 Å². The molecule has 5 atom stereocenters. The highest BCUT2D eigenvalue weighted by molar-refractivity contribution is 5.95. The SMILES string of the molecule is COc1ccc(COC(C)/C=C/[C@H](O)[C@@H](C)C(=O)N2C(=O)O[C@@H](c3ccccc3)[C@H]2C)cc1. The van der Waals surface area contributed by atoms with Crippen LogP contribution in [0.2, 0.25) is 0 Å². The van der Waals surface area contributed by atoms with Crippen molar-refractivity contribution in [2.75, 3.05) is 7.11 Å². The van der Waals surface area contributed by atoms with Crippen molar-refractivity contribution in [3.63, 3.8) is 0 Å². The Kier molecular flexibility index (Phi) is 8.25. The highest BCUT2D eigenvalue weighted by Crippen LogP contribution is 2.33. The van der Waals surface area contributed by atoms with Crippen molar-refractivity contribution in [2.24, 2.45) is 5.92 Å². The van der Waals surface area contributed by atoms with E-state index < -0.39 is 36.2 Å². The van der Waals surface area contributed by atoms with Crippen molar-refractivity contribution in [1.29, 1.82) is 0 Å². The molecule has 1 aliphatic heterocycles. The van der Waals surface area contributed by atoms with E-state index in [4.69, 9.17) is 14.2 Å². The van der Waals surface area contributed by atoms with Crippen LogP contribution in [-0.2, 0) is 20.9 Å². The summed E-state index contributed by atoms with van der Waals surface area (Å²) in [5.41, 5.74) is 1.82. The summed E-state index contributed by atoms with van der Waals surface area (Å²) in [6.07, 6.45) is 0.662. The van der Waals surface area contributed by atoms with Crippen LogP contribution in [0.25, 0.3) is 0 Å². The number of ether oxygens (including phenoxy) is 3. The molecule has 1 fully saturated rings. The van der Waals surface area contributed by atoms with Gasteiger partial charge in [0.05, 0.1) is 37.9 Å². The summed E-state index contributed by atoms with van der Waals surface area (Å²) in [5.74, 6) is -0.519. The molecule has 7 nitrogen and oxygen atoms in total. The van der Waals surface area contributed by atoms with Gasteiger partial charge in [0, 0.05) is 0 Å². The molecule has 33 heavy (non-hydrogen) atoms. The van der Waals surface area contributed by atoms with Gasteiger partial charge in [0.15, 0.2) is 0 Å². The van der Waals surface area contributed by atoms with Gasteiger partial charge in [-0.3, -0.25) is 4.79 Å². The minimum atomic E-state index is -1.07. The van der Waals surface area contributed by atoms with Crippen LogP contribution in [0.5, 0.6) is 5.75 Å². The molecular formula is C26H31NO6. The minimum absolute atomic E-state index is 0.276. The van der Waals surface area contributed by atoms with Crippen molar-refractivity contribution in [3.8, 4) is 5.75 Å². The summed E-state index contributed by atoms with van der Waals surface area (Å²) >= 11 is 0. The van der Waals surface area contributed by atoms with Crippen LogP contribution in [0.3, 0.4) is 0 Å². The molecule has 3 rings (SSSR count). The monoisotopic (exact) mass is 453 g/mol. The lowest BCUT2D eigenvalue weighted by Crippen LogP contribution is -2.43. The van der Waals surface area contributed by atoms with Crippen molar-refractivity contribution in [1.82, 2.24) is 4.90 Å². The van der Waals surface area contributed by atoms with E-state index in [1.165, 1.54) is 6.08 Å². The molecule has 0 aromatic heterocycles. The maximum absolute atomic E-state index is 13.0. The van der Waals surface area contributed by atoms with Gasteiger partial charge in [-0.1, -0.05) is 61.5 Å². The van der Waals surface area contributed by atoms with Gasteiger partial charge >= 0.3 is 6.09 Å². The van der Waals surface area contributed by atoms with Crippen LogP contribution in [0.4, 0.5) is 4.79 Å². The number of rotatable bonds is 9. The summed E-state index contributed by atoms with van der Waals surface area (Å²) in [6, 6.07) is 16.4. The summed E-state index contributed by atoms with van der Waals surface area (Å²) in [4.78, 5) is 26.5. The molecule has 0 bridgehead atoms. The number of amides is 2. The first-order chi connectivity index (χ1) is 15.8. The van der Waals surface area contributed by atoms with Crippen molar-refractivity contribution < 1.29 is 28.9 Å². The maximum Gasteiger partial charge on any atom is 0.417 e. The first-order valence-corrected chi connectivity index (χ1v) is 11.0. The van der Waals surface area contributed by atoms with E-state index in [9.17, 15) is 14.7 Å². The predicted octanol–water partition coefficient (Wildman–Crippen LogP) is 4.26. The average Bonchev–Trinajstić information content (AvgIpc) is 3.14. The Balaban J connectivity index is 1.54. The second-order valence-corrected chi connectivity index (χ2v) is 8.19. The molecule has 0 radical (unpaired) electrons. The summed E-state index contributed by atoms with van der Waals surface area (Å²) in [6.45, 7) is 5.61. The molecule has 0 spiro atoms. The number of benzene rings is 2. The lowest BCUT2D eigenvalue weighted by atomic mass is 9.99. The lowest BCUT2D eigenvalue weighted by molar-refractivity contribution is -0.135. The summed E-state index contributed by atoms with van der Waals surface area (Å²) < 4.78 is 16.4. The topological polar surface area (TPSA) is 85.3 Å². The molecule has 2 aromatic rings. The number of hydrogen-bond donors (Lipinski definition) is 1. The second kappa shape index (κ2) is 11.1. The van der Waals surface area contributed by atoms with E-state index in [-0.39, 0.29) is 6.10 Å². The third-order valence-electron chi connectivity index (χ3n) is 5.79. The van der Waals surface area contributed by atoms with Gasteiger partial charge in [-0.15, -0.1) is 0 Å². The maximum atomic E-state index is 13.0. The number of cyclic esters (lactones) is 1. The number of hydrogen-bond acceptors (Lipinski definition) is 6. The molecule has 7 heteroatoms. The van der Waals surface area contributed by atoms with Crippen molar-refractivity contribution in [3.05, 3.63) is 77.9 Å². The van der Waals surface area contributed by atoms with Crippen LogP contribution in [0, 0.1) is 5.92 Å². The molecule has 176 valence electrons. The zero-order valence-electron chi connectivity index (χ0n) is 19.4. The summed E-state index contributed by atoms with van der Waals surface area (Å²) in [7, 11) is 1.62. The molecular weight excluding hydrogens is 422 g/mol. The Hall–Kier alpha value is -3.16. The van der Waals surface area contributed by atoms with Crippen LogP contribution >= 0.6 is 0 Å². The number of methoxy groups -OCH3 is 1. The number of aliphatic hydroxyl groups excluding tert-OH is 1. The fourth-order valence-corrected chi connectivity index (χ4v) is 3.65. The Bertz CT molecular complexity index is 959. The second-order valence-electron chi connectivity index (χ2n) is 8.19. The predicted molar refractivity (Wildman–Crippen MR) is 124 cm³/mol. The van der Waals surface area contributed by atoms with E-state index in [1.807, 2.05) is 61.5 Å². The fourth-order valence-electron chi connectivity index (χ4n) is 3.65. The number of imide groups is 1. The normalized spacial score (nSPS) is 21.0. The average molecular weight is 454 g/mol. The van der Waals surface area contributed by atoms with E-state index in [0.717, 1.165) is 21.8 Å². The van der Waals surface area contributed by atoms with Gasteiger partial charge in [-0.25, -0.2) is 9.69 Å². The Morgan fingerprint density at radius 3 is 2.42 bits per heavy atom. The number of nitrogens with zero attached hydrogens (tertiary/aromatic N) is 1. The zero-order valence-corrected chi connectivity index (χ0v) is 19.4. The molecule has 1 saturated heterocycles. The van der Waals surface area contributed by atoms with Gasteiger partial charge in [0.2, 0.25) is 5.91 Å². The van der Waals surface area contributed by atoms with Gasteiger partial charge < -0.3 is 19.3 Å². The van der Waals surface area contributed by atoms with Crippen LogP contribution in [0.1, 0.15) is 38.0 Å². The quantitative estimate of drug-likeness (QED) is 0.571. The Labute approximate surface area is 194 Å². The van der Waals surface area contributed by atoms with Gasteiger partial charge in [-0.2, -0.15) is 0 Å². The smallest absolute Gasteiger partial charge is 0.417 e. The molecule has 2 aromatic carbocycles. The largest absolute Gasteiger partial charge is 0.497 e. The molecule has 0 aliphatic carbocycles.